The van der Waals surface area contributed by atoms with E-state index >= 15 is 0 Å². The molecule has 0 amide bonds. The van der Waals surface area contributed by atoms with Gasteiger partial charge >= 0.3 is 0 Å². The molecule has 0 heterocycles. The molecule has 0 fully saturated rings. The van der Waals surface area contributed by atoms with E-state index < -0.39 is 10.0 Å². The molecule has 14 heavy (non-hydrogen) atoms. The molecule has 0 atom stereocenters. The van der Waals surface area contributed by atoms with Crippen LogP contribution in [-0.4, -0.2) is 26.8 Å². The van der Waals surface area contributed by atoms with E-state index in [-0.39, 0.29) is 11.4 Å². The van der Waals surface area contributed by atoms with Gasteiger partial charge in [0.2, 0.25) is 10.0 Å². The van der Waals surface area contributed by atoms with Crippen molar-refractivity contribution in [1.29, 1.82) is 0 Å². The van der Waals surface area contributed by atoms with Crippen LogP contribution in [0.5, 0.6) is 5.75 Å². The zero-order chi connectivity index (χ0) is 10.8. The fourth-order valence-corrected chi connectivity index (χ4v) is 1.63. The summed E-state index contributed by atoms with van der Waals surface area (Å²) in [5, 5.41) is 12.2. The fraction of sp³-hybridized carbons (Fsp3) is 0.250. The Morgan fingerprint density at radius 2 is 2.00 bits per heavy atom. The lowest BCUT2D eigenvalue weighted by Crippen LogP contribution is -2.11. The Kier molecular flexibility index (Phi) is 2.85. The van der Waals surface area contributed by atoms with Crippen molar-refractivity contribution in [3.05, 3.63) is 18.2 Å². The van der Waals surface area contributed by atoms with E-state index in [0.29, 0.717) is 5.69 Å². The van der Waals surface area contributed by atoms with Gasteiger partial charge in [-0.25, -0.2) is 8.42 Å². The molecule has 5 nitrogen and oxygen atoms in total. The van der Waals surface area contributed by atoms with Crippen LogP contribution in [0.15, 0.2) is 18.2 Å². The van der Waals surface area contributed by atoms with Crippen molar-refractivity contribution in [3.8, 4) is 5.75 Å². The van der Waals surface area contributed by atoms with Gasteiger partial charge in [0.25, 0.3) is 0 Å². The number of benzene rings is 1. The van der Waals surface area contributed by atoms with Gasteiger partial charge in [-0.3, -0.25) is 4.72 Å². The zero-order valence-electron chi connectivity index (χ0n) is 7.90. The van der Waals surface area contributed by atoms with E-state index in [9.17, 15) is 13.5 Å². The van der Waals surface area contributed by atoms with Gasteiger partial charge in [0, 0.05) is 7.05 Å². The van der Waals surface area contributed by atoms with Crippen LogP contribution in [0.25, 0.3) is 0 Å². The van der Waals surface area contributed by atoms with E-state index in [1.807, 2.05) is 0 Å². The largest absolute Gasteiger partial charge is 0.506 e. The van der Waals surface area contributed by atoms with Crippen LogP contribution >= 0.6 is 0 Å². The molecule has 78 valence electrons. The van der Waals surface area contributed by atoms with Gasteiger partial charge in [-0.2, -0.15) is 0 Å². The molecule has 1 rings (SSSR count). The quantitative estimate of drug-likeness (QED) is 0.653. The molecule has 0 bridgehead atoms. The third kappa shape index (κ3) is 2.53. The molecule has 0 unspecified atom stereocenters. The molecule has 0 aliphatic rings. The minimum atomic E-state index is -3.38. The second-order valence-electron chi connectivity index (χ2n) is 2.82. The van der Waals surface area contributed by atoms with Crippen LogP contribution in [0, 0.1) is 0 Å². The van der Waals surface area contributed by atoms with Crippen LogP contribution in [0.3, 0.4) is 0 Å². The SMILES string of the molecule is CNc1cccc(O)c1NS(C)(=O)=O. The fourth-order valence-electron chi connectivity index (χ4n) is 1.04. The lowest BCUT2D eigenvalue weighted by atomic mass is 10.2. The van der Waals surface area contributed by atoms with E-state index in [4.69, 9.17) is 0 Å². The number of hydrogen-bond donors (Lipinski definition) is 3. The van der Waals surface area contributed by atoms with Crippen molar-refractivity contribution in [2.24, 2.45) is 0 Å². The monoisotopic (exact) mass is 216 g/mol. The molecule has 1 aromatic rings. The standard InChI is InChI=1S/C8H12N2O3S/c1-9-6-4-3-5-7(11)8(6)10-14(2,12)13/h3-5,9-11H,1-2H3. The summed E-state index contributed by atoms with van der Waals surface area (Å²) in [7, 11) is -1.74. The summed E-state index contributed by atoms with van der Waals surface area (Å²) in [6.45, 7) is 0. The number of phenols is 1. The molecule has 0 radical (unpaired) electrons. The molecule has 0 saturated heterocycles. The molecule has 0 aromatic heterocycles. The van der Waals surface area contributed by atoms with E-state index in [2.05, 4.69) is 10.0 Å². The van der Waals surface area contributed by atoms with Crippen molar-refractivity contribution in [1.82, 2.24) is 0 Å². The maximum atomic E-state index is 11.0. The van der Waals surface area contributed by atoms with Gasteiger partial charge in [-0.1, -0.05) is 6.07 Å². The lowest BCUT2D eigenvalue weighted by Gasteiger charge is -2.11. The van der Waals surface area contributed by atoms with E-state index in [1.54, 1.807) is 19.2 Å². The number of nitrogens with one attached hydrogen (secondary N) is 2. The molecular formula is C8H12N2O3S. The number of rotatable bonds is 3. The van der Waals surface area contributed by atoms with Gasteiger partial charge < -0.3 is 10.4 Å². The van der Waals surface area contributed by atoms with E-state index in [1.165, 1.54) is 6.07 Å². The maximum absolute atomic E-state index is 11.0. The van der Waals surface area contributed by atoms with Gasteiger partial charge in [0.1, 0.15) is 11.4 Å². The minimum absolute atomic E-state index is 0.109. The lowest BCUT2D eigenvalue weighted by molar-refractivity contribution is 0.478. The van der Waals surface area contributed by atoms with Gasteiger partial charge in [0.05, 0.1) is 11.9 Å². The van der Waals surface area contributed by atoms with Crippen molar-refractivity contribution in [3.63, 3.8) is 0 Å². The highest BCUT2D eigenvalue weighted by atomic mass is 32.2. The molecule has 3 N–H and O–H groups in total. The highest BCUT2D eigenvalue weighted by molar-refractivity contribution is 7.92. The van der Waals surface area contributed by atoms with Gasteiger partial charge in [-0.05, 0) is 12.1 Å². The van der Waals surface area contributed by atoms with Crippen LogP contribution in [0.4, 0.5) is 11.4 Å². The molecule has 0 aliphatic carbocycles. The Morgan fingerprint density at radius 1 is 1.36 bits per heavy atom. The Morgan fingerprint density at radius 3 is 2.50 bits per heavy atom. The summed E-state index contributed by atoms with van der Waals surface area (Å²) < 4.78 is 24.2. The summed E-state index contributed by atoms with van der Waals surface area (Å²) in [4.78, 5) is 0. The smallest absolute Gasteiger partial charge is 0.230 e. The van der Waals surface area contributed by atoms with Crippen molar-refractivity contribution >= 4 is 21.4 Å². The highest BCUT2D eigenvalue weighted by Gasteiger charge is 2.10. The van der Waals surface area contributed by atoms with Crippen LogP contribution in [-0.2, 0) is 10.0 Å². The second-order valence-corrected chi connectivity index (χ2v) is 4.57. The Hall–Kier alpha value is -1.43. The number of para-hydroxylation sites is 1. The third-order valence-corrected chi connectivity index (χ3v) is 2.17. The molecule has 0 aliphatic heterocycles. The first-order chi connectivity index (χ1) is 6.44. The van der Waals surface area contributed by atoms with Gasteiger partial charge in [0.15, 0.2) is 0 Å². The average molecular weight is 216 g/mol. The number of phenolic OH excluding ortho intramolecular Hbond substituents is 1. The van der Waals surface area contributed by atoms with Crippen molar-refractivity contribution in [2.75, 3.05) is 23.3 Å². The van der Waals surface area contributed by atoms with Crippen molar-refractivity contribution in [2.45, 2.75) is 0 Å². The topological polar surface area (TPSA) is 78.4 Å². The second kappa shape index (κ2) is 3.75. The zero-order valence-corrected chi connectivity index (χ0v) is 8.72. The first-order valence-electron chi connectivity index (χ1n) is 3.91. The van der Waals surface area contributed by atoms with Crippen LogP contribution < -0.4 is 10.0 Å². The predicted octanol–water partition coefficient (Wildman–Crippen LogP) is 0.805. The van der Waals surface area contributed by atoms with Crippen LogP contribution in [0.1, 0.15) is 0 Å². The molecule has 6 heteroatoms. The summed E-state index contributed by atoms with van der Waals surface area (Å²) in [5.41, 5.74) is 0.688. The first kappa shape index (κ1) is 10.6. The number of aromatic hydroxyl groups is 1. The maximum Gasteiger partial charge on any atom is 0.230 e. The summed E-state index contributed by atoms with van der Waals surface area (Å²) in [6.07, 6.45) is 1.03. The Bertz CT molecular complexity index is 428. The van der Waals surface area contributed by atoms with Gasteiger partial charge in [-0.15, -0.1) is 0 Å². The van der Waals surface area contributed by atoms with E-state index in [0.717, 1.165) is 6.26 Å². The third-order valence-electron chi connectivity index (χ3n) is 1.60. The molecular weight excluding hydrogens is 204 g/mol. The normalized spacial score (nSPS) is 11.0. The Labute approximate surface area is 82.8 Å². The van der Waals surface area contributed by atoms with Crippen LogP contribution in [0.2, 0.25) is 0 Å². The minimum Gasteiger partial charge on any atom is -0.506 e. The highest BCUT2D eigenvalue weighted by Crippen LogP contribution is 2.31. The Balaban J connectivity index is 3.18. The summed E-state index contributed by atoms with van der Waals surface area (Å²) in [6, 6.07) is 4.69. The first-order valence-corrected chi connectivity index (χ1v) is 5.80. The predicted molar refractivity (Wildman–Crippen MR) is 56.1 cm³/mol. The summed E-state index contributed by atoms with van der Waals surface area (Å²) in [5.74, 6) is -0.109. The molecule has 0 saturated carbocycles. The molecule has 0 spiro atoms. The van der Waals surface area contributed by atoms with Crippen molar-refractivity contribution < 1.29 is 13.5 Å². The molecule has 1 aromatic carbocycles. The number of hydrogen-bond acceptors (Lipinski definition) is 4. The number of sulfonamides is 1. The number of anilines is 2. The summed E-state index contributed by atoms with van der Waals surface area (Å²) >= 11 is 0. The average Bonchev–Trinajstić information content (AvgIpc) is 2.06.